The smallest absolute Gasteiger partial charge is 0.219 e. The van der Waals surface area contributed by atoms with E-state index in [9.17, 15) is 9.18 Å². The van der Waals surface area contributed by atoms with E-state index in [1.54, 1.807) is 36.5 Å². The summed E-state index contributed by atoms with van der Waals surface area (Å²) < 4.78 is 30.8. The Balaban J connectivity index is 1.00. The summed E-state index contributed by atoms with van der Waals surface area (Å²) >= 11 is 13.0. The second-order valence-corrected chi connectivity index (χ2v) is 13.1. The number of piperazine rings is 1. The highest BCUT2D eigenvalue weighted by Gasteiger charge is 2.22. The van der Waals surface area contributed by atoms with Crippen molar-refractivity contribution in [3.8, 4) is 23.1 Å². The normalized spacial score (nSPS) is 13.6. The van der Waals surface area contributed by atoms with Crippen LogP contribution in [0.25, 0.3) is 5.70 Å². The summed E-state index contributed by atoms with van der Waals surface area (Å²) in [5.74, 6) is 1.85. The van der Waals surface area contributed by atoms with Crippen LogP contribution in [0.3, 0.4) is 0 Å². The average Bonchev–Trinajstić information content (AvgIpc) is 3.14. The standard InChI is InChI=1S/C41H38Cl2FN3O4/c1-29-24-33(25-38(43)41(29)51-40-15-14-36(26-45-40)50-28-32-4-2-3-5-37(32)42)39(16-22-48)47-20-18-46(19-21-47)27-31-8-6-30(7-9-31)17-23-49-35-12-10-34(44)11-13-35/h2-16,22,24-26H,17-21,23,27-28H2,1H3/b39-16+. The van der Waals surface area contributed by atoms with Crippen LogP contribution in [-0.2, 0) is 24.4 Å². The number of ether oxygens (including phenoxy) is 3. The van der Waals surface area contributed by atoms with Gasteiger partial charge in [0.05, 0.1) is 17.8 Å². The Kier molecular flexibility index (Phi) is 12.2. The molecule has 1 aromatic heterocycles. The lowest BCUT2D eigenvalue weighted by atomic mass is 10.1. The van der Waals surface area contributed by atoms with Gasteiger partial charge < -0.3 is 19.1 Å². The maximum Gasteiger partial charge on any atom is 0.219 e. The van der Waals surface area contributed by atoms with Crippen molar-refractivity contribution in [1.29, 1.82) is 0 Å². The SMILES string of the molecule is Cc1cc(/C(=C\C=O)N2CCN(Cc3ccc(CCOc4ccc(F)cc4)cc3)CC2)cc(Cl)c1Oc1ccc(OCc2ccccc2Cl)cn1. The number of nitrogens with zero attached hydrogens (tertiary/aromatic N) is 3. The van der Waals surface area contributed by atoms with E-state index in [1.807, 2.05) is 43.3 Å². The van der Waals surface area contributed by atoms with E-state index in [1.165, 1.54) is 23.3 Å². The van der Waals surface area contributed by atoms with E-state index < -0.39 is 0 Å². The Morgan fingerprint density at radius 1 is 0.843 bits per heavy atom. The molecular formula is C41H38Cl2FN3O4. The first-order chi connectivity index (χ1) is 24.8. The second-order valence-electron chi connectivity index (χ2n) is 12.2. The van der Waals surface area contributed by atoms with Gasteiger partial charge in [-0.3, -0.25) is 9.69 Å². The largest absolute Gasteiger partial charge is 0.493 e. The van der Waals surface area contributed by atoms with Gasteiger partial charge in [0, 0.05) is 67.6 Å². The summed E-state index contributed by atoms with van der Waals surface area (Å²) in [5, 5.41) is 1.07. The van der Waals surface area contributed by atoms with Gasteiger partial charge in [-0.2, -0.15) is 0 Å². The van der Waals surface area contributed by atoms with E-state index in [2.05, 4.69) is 39.0 Å². The maximum absolute atomic E-state index is 13.1. The molecule has 6 rings (SSSR count). The molecule has 0 unspecified atom stereocenters. The topological polar surface area (TPSA) is 64.1 Å². The van der Waals surface area contributed by atoms with Crippen LogP contribution >= 0.6 is 23.2 Å². The Morgan fingerprint density at radius 2 is 1.57 bits per heavy atom. The molecule has 4 aromatic carbocycles. The minimum Gasteiger partial charge on any atom is -0.493 e. The number of hydrogen-bond donors (Lipinski definition) is 0. The van der Waals surface area contributed by atoms with Crippen molar-refractivity contribution in [3.05, 3.63) is 153 Å². The van der Waals surface area contributed by atoms with Crippen molar-refractivity contribution in [2.75, 3.05) is 32.8 Å². The van der Waals surface area contributed by atoms with Crippen LogP contribution in [0.15, 0.2) is 109 Å². The first kappa shape index (κ1) is 35.9. The van der Waals surface area contributed by atoms with Gasteiger partial charge >= 0.3 is 0 Å². The van der Waals surface area contributed by atoms with E-state index in [-0.39, 0.29) is 5.82 Å². The molecule has 1 aliphatic heterocycles. The Morgan fingerprint density at radius 3 is 2.25 bits per heavy atom. The van der Waals surface area contributed by atoms with Crippen LogP contribution in [0, 0.1) is 12.7 Å². The van der Waals surface area contributed by atoms with Crippen LogP contribution in [0.2, 0.25) is 10.0 Å². The van der Waals surface area contributed by atoms with Crippen LogP contribution in [0.1, 0.15) is 27.8 Å². The Labute approximate surface area is 307 Å². The van der Waals surface area contributed by atoms with E-state index in [0.29, 0.717) is 46.4 Å². The molecule has 7 nitrogen and oxygen atoms in total. The quantitative estimate of drug-likeness (QED) is 0.0836. The molecule has 262 valence electrons. The van der Waals surface area contributed by atoms with Gasteiger partial charge in [0.1, 0.15) is 30.2 Å². The molecule has 1 fully saturated rings. The molecule has 1 saturated heterocycles. The molecule has 2 heterocycles. The lowest BCUT2D eigenvalue weighted by molar-refractivity contribution is -0.104. The fourth-order valence-electron chi connectivity index (χ4n) is 5.88. The van der Waals surface area contributed by atoms with Gasteiger partial charge in [0.2, 0.25) is 5.88 Å². The highest BCUT2D eigenvalue weighted by Crippen LogP contribution is 2.36. The molecule has 0 radical (unpaired) electrons. The summed E-state index contributed by atoms with van der Waals surface area (Å²) in [6.07, 6.45) is 4.78. The number of carbonyl (C=O) groups excluding carboxylic acids is 1. The predicted molar refractivity (Wildman–Crippen MR) is 199 cm³/mol. The number of aldehydes is 1. The molecule has 0 aliphatic carbocycles. The number of carbonyl (C=O) groups is 1. The number of hydrogen-bond acceptors (Lipinski definition) is 7. The molecule has 0 atom stereocenters. The lowest BCUT2D eigenvalue weighted by Crippen LogP contribution is -2.45. The molecule has 0 amide bonds. The minimum atomic E-state index is -0.274. The predicted octanol–water partition coefficient (Wildman–Crippen LogP) is 9.19. The van der Waals surface area contributed by atoms with Gasteiger partial charge in [0.15, 0.2) is 5.75 Å². The molecular weight excluding hydrogens is 688 g/mol. The molecule has 0 spiro atoms. The van der Waals surface area contributed by atoms with E-state index in [0.717, 1.165) is 67.8 Å². The zero-order valence-corrected chi connectivity index (χ0v) is 29.7. The lowest BCUT2D eigenvalue weighted by Gasteiger charge is -2.37. The first-order valence-electron chi connectivity index (χ1n) is 16.7. The summed E-state index contributed by atoms with van der Waals surface area (Å²) in [6, 6.07) is 29.5. The third-order valence-corrected chi connectivity index (χ3v) is 9.28. The zero-order chi connectivity index (χ0) is 35.6. The van der Waals surface area contributed by atoms with Gasteiger partial charge in [-0.25, -0.2) is 9.37 Å². The summed E-state index contributed by atoms with van der Waals surface area (Å²) in [7, 11) is 0. The van der Waals surface area contributed by atoms with Crippen LogP contribution in [0.4, 0.5) is 4.39 Å². The molecule has 51 heavy (non-hydrogen) atoms. The molecule has 0 saturated carbocycles. The fraction of sp³-hybridized carbons (Fsp3) is 0.220. The molecule has 0 bridgehead atoms. The number of aromatic nitrogens is 1. The minimum absolute atomic E-state index is 0.274. The average molecular weight is 727 g/mol. The van der Waals surface area contributed by atoms with E-state index >= 15 is 0 Å². The summed E-state index contributed by atoms with van der Waals surface area (Å²) in [5.41, 5.74) is 5.80. The first-order valence-corrected chi connectivity index (χ1v) is 17.5. The highest BCUT2D eigenvalue weighted by atomic mass is 35.5. The van der Waals surface area contributed by atoms with Crippen molar-refractivity contribution in [2.45, 2.75) is 26.5 Å². The summed E-state index contributed by atoms with van der Waals surface area (Å²) in [6.45, 7) is 6.84. The van der Waals surface area contributed by atoms with Crippen molar-refractivity contribution in [1.82, 2.24) is 14.8 Å². The van der Waals surface area contributed by atoms with Gasteiger partial charge in [-0.15, -0.1) is 0 Å². The van der Waals surface area contributed by atoms with E-state index in [4.69, 9.17) is 37.4 Å². The maximum atomic E-state index is 13.1. The van der Waals surface area contributed by atoms with Gasteiger partial charge in [0.25, 0.3) is 0 Å². The number of allylic oxidation sites excluding steroid dienone is 1. The number of aryl methyl sites for hydroxylation is 1. The summed E-state index contributed by atoms with van der Waals surface area (Å²) in [4.78, 5) is 20.8. The molecule has 10 heteroatoms. The number of rotatable bonds is 14. The Hall–Kier alpha value is -4.89. The second kappa shape index (κ2) is 17.4. The third-order valence-electron chi connectivity index (χ3n) is 8.63. The van der Waals surface area contributed by atoms with Gasteiger partial charge in [-0.05, 0) is 77.7 Å². The Bertz CT molecular complexity index is 1920. The van der Waals surface area contributed by atoms with Crippen molar-refractivity contribution < 1.29 is 23.4 Å². The number of halogens is 3. The molecule has 1 aliphatic rings. The zero-order valence-electron chi connectivity index (χ0n) is 28.2. The molecule has 0 N–H and O–H groups in total. The van der Waals surface area contributed by atoms with Crippen molar-refractivity contribution >= 4 is 35.2 Å². The van der Waals surface area contributed by atoms with Crippen molar-refractivity contribution in [2.24, 2.45) is 0 Å². The van der Waals surface area contributed by atoms with Crippen LogP contribution in [-0.4, -0.2) is 53.9 Å². The monoisotopic (exact) mass is 725 g/mol. The van der Waals surface area contributed by atoms with Crippen LogP contribution < -0.4 is 14.2 Å². The van der Waals surface area contributed by atoms with Crippen molar-refractivity contribution in [3.63, 3.8) is 0 Å². The number of pyridine rings is 1. The highest BCUT2D eigenvalue weighted by molar-refractivity contribution is 6.32. The third kappa shape index (κ3) is 9.88. The van der Waals surface area contributed by atoms with Gasteiger partial charge in [-0.1, -0.05) is 65.7 Å². The number of benzene rings is 4. The molecule has 5 aromatic rings. The van der Waals surface area contributed by atoms with Crippen LogP contribution in [0.5, 0.6) is 23.1 Å². The fourth-order valence-corrected chi connectivity index (χ4v) is 6.38.